The highest BCUT2D eigenvalue weighted by atomic mass is 16.4. The Kier molecular flexibility index (Phi) is 9.78. The van der Waals surface area contributed by atoms with Gasteiger partial charge in [0.1, 0.15) is 6.04 Å². The number of carboxylic acid groups (broad SMARTS) is 1. The van der Waals surface area contributed by atoms with E-state index in [1.54, 1.807) is 12.1 Å². The molecule has 1 atom stereocenters. The highest BCUT2D eigenvalue weighted by Crippen LogP contribution is 2.25. The van der Waals surface area contributed by atoms with Crippen LogP contribution in [0.5, 0.6) is 0 Å². The van der Waals surface area contributed by atoms with Crippen LogP contribution in [0.1, 0.15) is 45.8 Å². The number of hydrogen-bond donors (Lipinski definition) is 5. The largest absolute Gasteiger partial charge is 0.478 e. The van der Waals surface area contributed by atoms with E-state index in [0.29, 0.717) is 19.4 Å². The molecule has 2 amide bonds. The molecule has 0 bridgehead atoms. The van der Waals surface area contributed by atoms with E-state index in [1.165, 1.54) is 12.1 Å². The first-order valence-electron chi connectivity index (χ1n) is 11.9. The van der Waals surface area contributed by atoms with Crippen molar-refractivity contribution < 1.29 is 19.5 Å². The first-order chi connectivity index (χ1) is 17.8. The summed E-state index contributed by atoms with van der Waals surface area (Å²) in [5.41, 5.74) is 13.3. The summed E-state index contributed by atoms with van der Waals surface area (Å²) in [6, 6.07) is 24.2. The van der Waals surface area contributed by atoms with Gasteiger partial charge in [-0.1, -0.05) is 72.8 Å². The number of carbonyl (C=O) groups excluding carboxylic acids is 2. The van der Waals surface area contributed by atoms with E-state index in [0.717, 1.165) is 16.7 Å². The molecular formula is C28H31N5O4. The molecule has 7 N–H and O–H groups in total. The summed E-state index contributed by atoms with van der Waals surface area (Å²) < 4.78 is 0. The Balaban J connectivity index is 1.76. The van der Waals surface area contributed by atoms with Gasteiger partial charge in [-0.05, 0) is 41.7 Å². The predicted molar refractivity (Wildman–Crippen MR) is 142 cm³/mol. The van der Waals surface area contributed by atoms with Gasteiger partial charge in [-0.2, -0.15) is 0 Å². The summed E-state index contributed by atoms with van der Waals surface area (Å²) in [5.74, 6) is -2.32. The van der Waals surface area contributed by atoms with Crippen molar-refractivity contribution in [3.05, 3.63) is 107 Å². The average molecular weight is 502 g/mol. The van der Waals surface area contributed by atoms with Gasteiger partial charge >= 0.3 is 5.97 Å². The van der Waals surface area contributed by atoms with E-state index in [-0.39, 0.29) is 29.9 Å². The molecule has 0 saturated carbocycles. The minimum Gasteiger partial charge on any atom is -0.478 e. The number of aromatic carboxylic acids is 1. The van der Waals surface area contributed by atoms with E-state index in [4.69, 9.17) is 16.6 Å². The van der Waals surface area contributed by atoms with Crippen LogP contribution in [0.3, 0.4) is 0 Å². The van der Waals surface area contributed by atoms with Crippen LogP contribution >= 0.6 is 0 Å². The lowest BCUT2D eigenvalue weighted by atomic mass is 9.90. The van der Waals surface area contributed by atoms with Crippen LogP contribution in [0.4, 0.5) is 0 Å². The highest BCUT2D eigenvalue weighted by Gasteiger charge is 2.27. The maximum absolute atomic E-state index is 13.6. The third-order valence-electron chi connectivity index (χ3n) is 5.77. The molecule has 0 aliphatic heterocycles. The molecule has 0 aliphatic carbocycles. The predicted octanol–water partition coefficient (Wildman–Crippen LogP) is 2.37. The van der Waals surface area contributed by atoms with Crippen LogP contribution in [0.2, 0.25) is 0 Å². The Bertz CT molecular complexity index is 1170. The number of nitrogens with zero attached hydrogens (tertiary/aromatic N) is 1. The second kappa shape index (κ2) is 13.4. The van der Waals surface area contributed by atoms with Gasteiger partial charge in [0, 0.05) is 13.1 Å². The van der Waals surface area contributed by atoms with Crippen molar-refractivity contribution in [3.63, 3.8) is 0 Å². The first kappa shape index (κ1) is 26.9. The molecule has 0 saturated heterocycles. The van der Waals surface area contributed by atoms with Crippen molar-refractivity contribution in [1.82, 2.24) is 10.6 Å². The third kappa shape index (κ3) is 8.21. The Morgan fingerprint density at radius 3 is 1.89 bits per heavy atom. The lowest BCUT2D eigenvalue weighted by molar-refractivity contribution is -0.129. The molecule has 0 spiro atoms. The molecule has 3 aromatic rings. The number of hydrogen-bond acceptors (Lipinski definition) is 4. The number of amides is 2. The number of guanidine groups is 1. The standard InChI is InChI=1S/C28H31N5O4/c29-28(30)31-17-7-12-23(25(34)32-18-19-13-15-22(16-14-19)27(36)37)33-26(35)24(20-8-3-1-4-9-20)21-10-5-2-6-11-21/h1-6,8-11,13-16,23-24H,7,12,17-18H2,(H,32,34)(H,33,35)(H,36,37)(H4,29,30,31)/t23-/m1/s1. The zero-order valence-corrected chi connectivity index (χ0v) is 20.3. The molecule has 37 heavy (non-hydrogen) atoms. The molecule has 0 unspecified atom stereocenters. The minimum absolute atomic E-state index is 0.0388. The van der Waals surface area contributed by atoms with Crippen molar-refractivity contribution in [3.8, 4) is 0 Å². The topological polar surface area (TPSA) is 160 Å². The fourth-order valence-corrected chi connectivity index (χ4v) is 3.89. The molecule has 3 aromatic carbocycles. The van der Waals surface area contributed by atoms with Gasteiger partial charge in [0.15, 0.2) is 5.96 Å². The normalized spacial score (nSPS) is 11.4. The molecule has 9 nitrogen and oxygen atoms in total. The maximum atomic E-state index is 13.6. The van der Waals surface area contributed by atoms with Crippen LogP contribution in [0, 0.1) is 0 Å². The summed E-state index contributed by atoms with van der Waals surface area (Å²) >= 11 is 0. The Hall–Kier alpha value is -4.66. The van der Waals surface area contributed by atoms with E-state index < -0.39 is 17.9 Å². The number of nitrogens with one attached hydrogen (secondary N) is 2. The Morgan fingerprint density at radius 2 is 1.38 bits per heavy atom. The van der Waals surface area contributed by atoms with E-state index in [9.17, 15) is 14.4 Å². The Labute approximate surface area is 215 Å². The summed E-state index contributed by atoms with van der Waals surface area (Å²) in [4.78, 5) is 41.7. The van der Waals surface area contributed by atoms with Crippen LogP contribution in [0.25, 0.3) is 0 Å². The molecule has 9 heteroatoms. The van der Waals surface area contributed by atoms with Gasteiger partial charge in [0.05, 0.1) is 11.5 Å². The SMILES string of the molecule is NC(N)=NCCC[C@@H](NC(=O)C(c1ccccc1)c1ccccc1)C(=O)NCc1ccc(C(=O)O)cc1. The molecule has 192 valence electrons. The monoisotopic (exact) mass is 501 g/mol. The molecule has 0 aliphatic rings. The summed E-state index contributed by atoms with van der Waals surface area (Å²) in [5, 5.41) is 14.8. The van der Waals surface area contributed by atoms with Gasteiger partial charge in [0.2, 0.25) is 11.8 Å². The second-order valence-corrected chi connectivity index (χ2v) is 8.48. The summed E-state index contributed by atoms with van der Waals surface area (Å²) in [7, 11) is 0. The molecule has 0 radical (unpaired) electrons. The number of benzene rings is 3. The first-order valence-corrected chi connectivity index (χ1v) is 11.9. The van der Waals surface area contributed by atoms with E-state index in [2.05, 4.69) is 15.6 Å². The number of aliphatic imine (C=N–C) groups is 1. The van der Waals surface area contributed by atoms with Gasteiger partial charge in [-0.15, -0.1) is 0 Å². The smallest absolute Gasteiger partial charge is 0.335 e. The van der Waals surface area contributed by atoms with Crippen LogP contribution in [-0.4, -0.2) is 41.4 Å². The van der Waals surface area contributed by atoms with Crippen molar-refractivity contribution >= 4 is 23.7 Å². The fourth-order valence-electron chi connectivity index (χ4n) is 3.89. The van der Waals surface area contributed by atoms with Crippen LogP contribution < -0.4 is 22.1 Å². The maximum Gasteiger partial charge on any atom is 0.335 e. The van der Waals surface area contributed by atoms with Crippen molar-refractivity contribution in [2.24, 2.45) is 16.5 Å². The van der Waals surface area contributed by atoms with Gasteiger partial charge in [-0.25, -0.2) is 4.79 Å². The molecule has 0 aromatic heterocycles. The van der Waals surface area contributed by atoms with Gasteiger partial charge in [-0.3, -0.25) is 14.6 Å². The third-order valence-corrected chi connectivity index (χ3v) is 5.77. The number of nitrogens with two attached hydrogens (primary N) is 2. The quantitative estimate of drug-likeness (QED) is 0.145. The lowest BCUT2D eigenvalue weighted by Crippen LogP contribution is -2.48. The minimum atomic E-state index is -1.02. The Morgan fingerprint density at radius 1 is 0.811 bits per heavy atom. The molecule has 0 fully saturated rings. The van der Waals surface area contributed by atoms with Crippen molar-refractivity contribution in [1.29, 1.82) is 0 Å². The summed E-state index contributed by atoms with van der Waals surface area (Å²) in [6.45, 7) is 0.499. The highest BCUT2D eigenvalue weighted by molar-refractivity contribution is 5.92. The number of carboxylic acids is 1. The number of carbonyl (C=O) groups is 3. The van der Waals surface area contributed by atoms with Gasteiger partial charge < -0.3 is 27.2 Å². The number of rotatable bonds is 12. The molecular weight excluding hydrogens is 470 g/mol. The van der Waals surface area contributed by atoms with Crippen LogP contribution in [-0.2, 0) is 16.1 Å². The van der Waals surface area contributed by atoms with Crippen molar-refractivity contribution in [2.75, 3.05) is 6.54 Å². The zero-order chi connectivity index (χ0) is 26.6. The van der Waals surface area contributed by atoms with E-state index >= 15 is 0 Å². The van der Waals surface area contributed by atoms with E-state index in [1.807, 2.05) is 60.7 Å². The fraction of sp³-hybridized carbons (Fsp3) is 0.214. The van der Waals surface area contributed by atoms with Crippen LogP contribution in [0.15, 0.2) is 89.9 Å². The average Bonchev–Trinajstić information content (AvgIpc) is 2.90. The molecule has 3 rings (SSSR count). The summed E-state index contributed by atoms with van der Waals surface area (Å²) in [6.07, 6.45) is 0.799. The van der Waals surface area contributed by atoms with Gasteiger partial charge in [0.25, 0.3) is 0 Å². The lowest BCUT2D eigenvalue weighted by Gasteiger charge is -2.23. The molecule has 0 heterocycles. The zero-order valence-electron chi connectivity index (χ0n) is 20.3. The second-order valence-electron chi connectivity index (χ2n) is 8.48. The van der Waals surface area contributed by atoms with Crippen molar-refractivity contribution in [2.45, 2.75) is 31.3 Å².